The van der Waals surface area contributed by atoms with Crippen molar-refractivity contribution in [3.63, 3.8) is 0 Å². The lowest BCUT2D eigenvalue weighted by Gasteiger charge is -2.04. The maximum absolute atomic E-state index is 3.74. The van der Waals surface area contributed by atoms with Crippen molar-refractivity contribution in [1.82, 2.24) is 10.6 Å². The number of nitrogens with one attached hydrogen (secondary N) is 2. The fourth-order valence-corrected chi connectivity index (χ4v) is 0.685. The Labute approximate surface area is 74.4 Å². The predicted molar refractivity (Wildman–Crippen MR) is 54.4 cm³/mol. The van der Waals surface area contributed by atoms with Crippen molar-refractivity contribution in [3.05, 3.63) is 49.0 Å². The third-order valence-corrected chi connectivity index (χ3v) is 1.08. The van der Waals surface area contributed by atoms with E-state index in [1.54, 1.807) is 6.08 Å². The Kier molecular flexibility index (Phi) is 5.53. The molecular weight excluding hydrogens is 148 g/mol. The van der Waals surface area contributed by atoms with Crippen molar-refractivity contribution in [2.45, 2.75) is 6.92 Å². The maximum Gasteiger partial charge on any atom is 0.0395 e. The normalized spacial score (nSPS) is 11.3. The molecule has 0 heterocycles. The van der Waals surface area contributed by atoms with E-state index in [0.717, 1.165) is 11.4 Å². The predicted octanol–water partition coefficient (Wildman–Crippen LogP) is 1.91. The summed E-state index contributed by atoms with van der Waals surface area (Å²) in [4.78, 5) is 0. The molecule has 0 spiro atoms. The van der Waals surface area contributed by atoms with Gasteiger partial charge in [0, 0.05) is 18.4 Å². The molecule has 0 saturated carbocycles. The molecule has 0 aromatic carbocycles. The van der Waals surface area contributed by atoms with E-state index < -0.39 is 0 Å². The fourth-order valence-electron chi connectivity index (χ4n) is 0.685. The summed E-state index contributed by atoms with van der Waals surface area (Å²) in [7, 11) is 1.85. The van der Waals surface area contributed by atoms with Crippen LogP contribution >= 0.6 is 0 Å². The standard InChI is InChI=1S/C10H16N2/c1-5-6-10(7-8-11-4)12-9(2)3/h5-8,11-12H,1-2H2,3-4H3/b8-7-,10-6+. The molecule has 2 nitrogen and oxygen atoms in total. The number of allylic oxidation sites excluding steroid dienone is 4. The van der Waals surface area contributed by atoms with Gasteiger partial charge in [-0.1, -0.05) is 19.2 Å². The van der Waals surface area contributed by atoms with Gasteiger partial charge < -0.3 is 10.6 Å². The minimum atomic E-state index is 0.906. The first-order valence-corrected chi connectivity index (χ1v) is 3.79. The van der Waals surface area contributed by atoms with Gasteiger partial charge in [0.05, 0.1) is 0 Å². The quantitative estimate of drug-likeness (QED) is 0.606. The Hall–Kier alpha value is -1.44. The number of hydrogen-bond acceptors (Lipinski definition) is 2. The van der Waals surface area contributed by atoms with E-state index in [4.69, 9.17) is 0 Å². The zero-order chi connectivity index (χ0) is 9.40. The molecule has 0 aromatic rings. The molecule has 0 aliphatic carbocycles. The second-order valence-corrected chi connectivity index (χ2v) is 2.39. The van der Waals surface area contributed by atoms with Gasteiger partial charge in [0.15, 0.2) is 0 Å². The molecule has 0 aliphatic heterocycles. The van der Waals surface area contributed by atoms with Gasteiger partial charge in [-0.15, -0.1) is 0 Å². The molecule has 0 aliphatic rings. The minimum absolute atomic E-state index is 0.906. The zero-order valence-electron chi connectivity index (χ0n) is 7.72. The van der Waals surface area contributed by atoms with Crippen molar-refractivity contribution in [2.24, 2.45) is 0 Å². The minimum Gasteiger partial charge on any atom is -0.394 e. The molecule has 2 N–H and O–H groups in total. The first-order chi connectivity index (χ1) is 5.70. The Morgan fingerprint density at radius 3 is 2.50 bits per heavy atom. The van der Waals surface area contributed by atoms with E-state index in [0.29, 0.717) is 0 Å². The number of hydrogen-bond donors (Lipinski definition) is 2. The van der Waals surface area contributed by atoms with Gasteiger partial charge >= 0.3 is 0 Å². The van der Waals surface area contributed by atoms with Crippen LogP contribution < -0.4 is 10.6 Å². The maximum atomic E-state index is 3.74. The Morgan fingerprint density at radius 1 is 1.42 bits per heavy atom. The van der Waals surface area contributed by atoms with Crippen LogP contribution in [0.2, 0.25) is 0 Å². The highest BCUT2D eigenvalue weighted by Gasteiger charge is 1.87. The van der Waals surface area contributed by atoms with Crippen LogP contribution in [0.25, 0.3) is 0 Å². The third-order valence-electron chi connectivity index (χ3n) is 1.08. The summed E-state index contributed by atoms with van der Waals surface area (Å²) in [6.07, 6.45) is 7.36. The van der Waals surface area contributed by atoms with Crippen LogP contribution in [0.3, 0.4) is 0 Å². The molecule has 0 fully saturated rings. The van der Waals surface area contributed by atoms with Crippen molar-refractivity contribution < 1.29 is 0 Å². The molecule has 66 valence electrons. The monoisotopic (exact) mass is 164 g/mol. The molecule has 0 rings (SSSR count). The Bertz CT molecular complexity index is 212. The van der Waals surface area contributed by atoms with E-state index >= 15 is 0 Å². The summed E-state index contributed by atoms with van der Waals surface area (Å²) >= 11 is 0. The highest BCUT2D eigenvalue weighted by Crippen LogP contribution is 1.95. The largest absolute Gasteiger partial charge is 0.394 e. The molecule has 0 saturated heterocycles. The first kappa shape index (κ1) is 10.6. The topological polar surface area (TPSA) is 24.1 Å². The highest BCUT2D eigenvalue weighted by atomic mass is 14.9. The summed E-state index contributed by atoms with van der Waals surface area (Å²) in [6, 6.07) is 0. The second kappa shape index (κ2) is 6.28. The summed E-state index contributed by atoms with van der Waals surface area (Å²) in [5.41, 5.74) is 1.87. The average Bonchev–Trinajstić information content (AvgIpc) is 2.00. The highest BCUT2D eigenvalue weighted by molar-refractivity contribution is 5.23. The second-order valence-electron chi connectivity index (χ2n) is 2.39. The number of rotatable bonds is 5. The van der Waals surface area contributed by atoms with E-state index in [2.05, 4.69) is 23.8 Å². The van der Waals surface area contributed by atoms with Crippen LogP contribution in [-0.2, 0) is 0 Å². The van der Waals surface area contributed by atoms with Gasteiger partial charge in [0.25, 0.3) is 0 Å². The SMILES string of the molecule is C=C/C=C(\C=C/NC)NC(=C)C. The zero-order valence-corrected chi connectivity index (χ0v) is 7.72. The summed E-state index contributed by atoms with van der Waals surface area (Å²) < 4.78 is 0. The summed E-state index contributed by atoms with van der Waals surface area (Å²) in [5, 5.41) is 5.99. The van der Waals surface area contributed by atoms with Gasteiger partial charge in [0.1, 0.15) is 0 Å². The summed E-state index contributed by atoms with van der Waals surface area (Å²) in [5.74, 6) is 0. The van der Waals surface area contributed by atoms with Crippen LogP contribution in [0.5, 0.6) is 0 Å². The Morgan fingerprint density at radius 2 is 2.08 bits per heavy atom. The lowest BCUT2D eigenvalue weighted by Crippen LogP contribution is -2.08. The molecule has 0 unspecified atom stereocenters. The molecule has 0 aromatic heterocycles. The van der Waals surface area contributed by atoms with Crippen LogP contribution in [0.4, 0.5) is 0 Å². The van der Waals surface area contributed by atoms with Crippen LogP contribution in [-0.4, -0.2) is 7.05 Å². The molecule has 0 atom stereocenters. The van der Waals surface area contributed by atoms with Gasteiger partial charge in [-0.3, -0.25) is 0 Å². The van der Waals surface area contributed by atoms with Crippen LogP contribution in [0.1, 0.15) is 6.92 Å². The van der Waals surface area contributed by atoms with Crippen molar-refractivity contribution in [1.29, 1.82) is 0 Å². The van der Waals surface area contributed by atoms with Crippen LogP contribution in [0, 0.1) is 0 Å². The summed E-state index contributed by atoms with van der Waals surface area (Å²) in [6.45, 7) is 9.27. The van der Waals surface area contributed by atoms with Gasteiger partial charge in [0.2, 0.25) is 0 Å². The molecular formula is C10H16N2. The van der Waals surface area contributed by atoms with Crippen molar-refractivity contribution in [2.75, 3.05) is 7.05 Å². The molecule has 0 bridgehead atoms. The van der Waals surface area contributed by atoms with Crippen molar-refractivity contribution >= 4 is 0 Å². The first-order valence-electron chi connectivity index (χ1n) is 3.79. The lowest BCUT2D eigenvalue weighted by molar-refractivity contribution is 0.999. The van der Waals surface area contributed by atoms with Crippen molar-refractivity contribution in [3.8, 4) is 0 Å². The van der Waals surface area contributed by atoms with Crippen LogP contribution in [0.15, 0.2) is 49.0 Å². The fraction of sp³-hybridized carbons (Fsp3) is 0.200. The third kappa shape index (κ3) is 5.35. The van der Waals surface area contributed by atoms with E-state index in [1.165, 1.54) is 0 Å². The van der Waals surface area contributed by atoms with Gasteiger partial charge in [-0.2, -0.15) is 0 Å². The van der Waals surface area contributed by atoms with Gasteiger partial charge in [-0.05, 0) is 25.3 Å². The van der Waals surface area contributed by atoms with E-state index in [1.807, 2.05) is 32.3 Å². The molecule has 0 amide bonds. The van der Waals surface area contributed by atoms with E-state index in [9.17, 15) is 0 Å². The lowest BCUT2D eigenvalue weighted by atomic mass is 10.3. The Balaban J connectivity index is 4.23. The molecule has 0 radical (unpaired) electrons. The van der Waals surface area contributed by atoms with Gasteiger partial charge in [-0.25, -0.2) is 0 Å². The molecule has 2 heteroatoms. The molecule has 12 heavy (non-hydrogen) atoms. The van der Waals surface area contributed by atoms with E-state index in [-0.39, 0.29) is 0 Å². The average molecular weight is 164 g/mol. The smallest absolute Gasteiger partial charge is 0.0395 e.